The highest BCUT2D eigenvalue weighted by atomic mass is 35.5. The number of nitrogens with zero attached hydrogens (tertiary/aromatic N) is 2. The van der Waals surface area contributed by atoms with E-state index < -0.39 is 10.0 Å². The number of nitrogens with one attached hydrogen (secondary N) is 1. The van der Waals surface area contributed by atoms with E-state index in [1.54, 1.807) is 30.3 Å². The molecule has 0 radical (unpaired) electrons. The van der Waals surface area contributed by atoms with Gasteiger partial charge in [-0.15, -0.1) is 0 Å². The molecule has 34 heavy (non-hydrogen) atoms. The van der Waals surface area contributed by atoms with Crippen molar-refractivity contribution in [1.82, 2.24) is 4.31 Å². The number of anilines is 2. The fourth-order valence-corrected chi connectivity index (χ4v) is 5.47. The molecule has 3 aromatic rings. The van der Waals surface area contributed by atoms with Crippen molar-refractivity contribution in [3.8, 4) is 5.75 Å². The van der Waals surface area contributed by atoms with Crippen LogP contribution in [0.3, 0.4) is 0 Å². The Morgan fingerprint density at radius 3 is 2.38 bits per heavy atom. The fourth-order valence-electron chi connectivity index (χ4n) is 3.84. The summed E-state index contributed by atoms with van der Waals surface area (Å²) in [5.74, 6) is 0.0720. The molecule has 1 N–H and O–H groups in total. The lowest BCUT2D eigenvalue weighted by atomic mass is 10.2. The Morgan fingerprint density at radius 2 is 1.71 bits per heavy atom. The summed E-state index contributed by atoms with van der Waals surface area (Å²) in [5.41, 5.74) is 1.75. The van der Waals surface area contributed by atoms with Gasteiger partial charge in [-0.3, -0.25) is 4.79 Å². The second kappa shape index (κ2) is 10.5. The molecule has 1 fully saturated rings. The third kappa shape index (κ3) is 5.35. The maximum atomic E-state index is 13.4. The molecule has 1 aliphatic rings. The van der Waals surface area contributed by atoms with E-state index in [1.807, 2.05) is 37.3 Å². The van der Waals surface area contributed by atoms with E-state index in [2.05, 4.69) is 10.2 Å². The Morgan fingerprint density at radius 1 is 0.971 bits per heavy atom. The van der Waals surface area contributed by atoms with Gasteiger partial charge in [0.1, 0.15) is 5.75 Å². The number of piperazine rings is 1. The van der Waals surface area contributed by atoms with Gasteiger partial charge in [0, 0.05) is 42.5 Å². The van der Waals surface area contributed by atoms with E-state index in [1.165, 1.54) is 16.4 Å². The lowest BCUT2D eigenvalue weighted by Crippen LogP contribution is -2.48. The van der Waals surface area contributed by atoms with Gasteiger partial charge in [-0.2, -0.15) is 4.31 Å². The Bertz CT molecular complexity index is 1260. The zero-order chi connectivity index (χ0) is 24.1. The van der Waals surface area contributed by atoms with Gasteiger partial charge in [-0.1, -0.05) is 35.9 Å². The van der Waals surface area contributed by atoms with E-state index in [0.29, 0.717) is 54.8 Å². The molecule has 0 aliphatic carbocycles. The van der Waals surface area contributed by atoms with Crippen molar-refractivity contribution in [1.29, 1.82) is 0 Å². The van der Waals surface area contributed by atoms with Crippen molar-refractivity contribution in [2.45, 2.75) is 11.8 Å². The summed E-state index contributed by atoms with van der Waals surface area (Å²) in [5, 5.41) is 3.44. The number of amides is 1. The summed E-state index contributed by atoms with van der Waals surface area (Å²) < 4.78 is 33.9. The first-order chi connectivity index (χ1) is 16.4. The Kier molecular flexibility index (Phi) is 7.41. The van der Waals surface area contributed by atoms with Gasteiger partial charge in [0.15, 0.2) is 0 Å². The minimum absolute atomic E-state index is 0.107. The van der Waals surface area contributed by atoms with Crippen LogP contribution in [0.5, 0.6) is 5.75 Å². The molecule has 1 aliphatic heterocycles. The predicted molar refractivity (Wildman–Crippen MR) is 134 cm³/mol. The zero-order valence-electron chi connectivity index (χ0n) is 18.8. The summed E-state index contributed by atoms with van der Waals surface area (Å²) in [6.07, 6.45) is 0. The molecule has 0 unspecified atom stereocenters. The number of rotatable bonds is 7. The summed E-state index contributed by atoms with van der Waals surface area (Å²) in [4.78, 5) is 14.9. The van der Waals surface area contributed by atoms with Gasteiger partial charge in [-0.25, -0.2) is 8.42 Å². The monoisotopic (exact) mass is 499 g/mol. The van der Waals surface area contributed by atoms with Crippen molar-refractivity contribution >= 4 is 38.9 Å². The Hall–Kier alpha value is -3.07. The molecule has 1 heterocycles. The molecule has 9 heteroatoms. The number of hydrogen-bond donors (Lipinski definition) is 1. The van der Waals surface area contributed by atoms with Crippen LogP contribution in [-0.4, -0.2) is 51.4 Å². The molecule has 0 aromatic heterocycles. The largest absolute Gasteiger partial charge is 0.492 e. The topological polar surface area (TPSA) is 79.0 Å². The number of ether oxygens (including phenoxy) is 1. The van der Waals surface area contributed by atoms with Crippen LogP contribution < -0.4 is 15.0 Å². The van der Waals surface area contributed by atoms with Crippen LogP contribution in [0.25, 0.3) is 0 Å². The summed E-state index contributed by atoms with van der Waals surface area (Å²) in [6.45, 7) is 3.99. The van der Waals surface area contributed by atoms with E-state index >= 15 is 0 Å². The average molecular weight is 500 g/mol. The normalized spacial score (nSPS) is 14.6. The molecule has 0 bridgehead atoms. The molecule has 3 aromatic carbocycles. The average Bonchev–Trinajstić information content (AvgIpc) is 2.85. The summed E-state index contributed by atoms with van der Waals surface area (Å²) in [6, 6.07) is 20.8. The Balaban J connectivity index is 1.53. The molecule has 0 spiro atoms. The first kappa shape index (κ1) is 24.1. The third-order valence-corrected chi connectivity index (χ3v) is 7.71. The van der Waals surface area contributed by atoms with Crippen LogP contribution >= 0.6 is 11.6 Å². The van der Waals surface area contributed by atoms with Crippen LogP contribution in [-0.2, 0) is 10.0 Å². The molecule has 4 rings (SSSR count). The fraction of sp³-hybridized carbons (Fsp3) is 0.240. The van der Waals surface area contributed by atoms with Crippen molar-refractivity contribution < 1.29 is 17.9 Å². The second-order valence-electron chi connectivity index (χ2n) is 7.78. The van der Waals surface area contributed by atoms with Crippen LogP contribution in [0, 0.1) is 0 Å². The highest BCUT2D eigenvalue weighted by Gasteiger charge is 2.29. The molecule has 7 nitrogen and oxygen atoms in total. The Labute approximate surface area is 205 Å². The zero-order valence-corrected chi connectivity index (χ0v) is 20.3. The summed E-state index contributed by atoms with van der Waals surface area (Å²) >= 11 is 6.10. The maximum Gasteiger partial charge on any atom is 0.255 e. The number of carbonyl (C=O) groups is 1. The molecule has 0 atom stereocenters. The van der Waals surface area contributed by atoms with Gasteiger partial charge >= 0.3 is 0 Å². The highest BCUT2D eigenvalue weighted by Crippen LogP contribution is 2.30. The van der Waals surface area contributed by atoms with Crippen molar-refractivity contribution in [2.24, 2.45) is 0 Å². The van der Waals surface area contributed by atoms with Gasteiger partial charge < -0.3 is 15.0 Å². The van der Waals surface area contributed by atoms with E-state index in [0.717, 1.165) is 5.69 Å². The quantitative estimate of drug-likeness (QED) is 0.517. The van der Waals surface area contributed by atoms with E-state index in [4.69, 9.17) is 16.3 Å². The molecule has 178 valence electrons. The van der Waals surface area contributed by atoms with Crippen LogP contribution in [0.4, 0.5) is 11.4 Å². The number of benzene rings is 3. The lowest BCUT2D eigenvalue weighted by Gasteiger charge is -2.35. The molecule has 0 saturated carbocycles. The first-order valence-corrected chi connectivity index (χ1v) is 12.8. The van der Waals surface area contributed by atoms with Gasteiger partial charge in [0.05, 0.1) is 17.2 Å². The standard InChI is InChI=1S/C25H26ClN3O4S/c1-2-33-24-12-11-22(18-23(24)27-25(30)19-7-4-3-5-8-19)34(31,32)29-15-13-28(14-16-29)21-10-6-9-20(26)17-21/h3-12,17-18H,2,13-16H2,1H3,(H,27,30). The molecule has 1 amide bonds. The number of hydrogen-bond acceptors (Lipinski definition) is 5. The number of carbonyl (C=O) groups excluding carboxylic acids is 1. The van der Waals surface area contributed by atoms with Crippen molar-refractivity contribution in [3.05, 3.63) is 83.4 Å². The van der Waals surface area contributed by atoms with Crippen molar-refractivity contribution in [3.63, 3.8) is 0 Å². The minimum atomic E-state index is -3.76. The predicted octanol–water partition coefficient (Wildman–Crippen LogP) is 4.50. The van der Waals surface area contributed by atoms with Gasteiger partial charge in [0.25, 0.3) is 5.91 Å². The number of halogens is 1. The molecule has 1 saturated heterocycles. The van der Waals surface area contributed by atoms with Gasteiger partial charge in [0.2, 0.25) is 10.0 Å². The van der Waals surface area contributed by atoms with Crippen LogP contribution in [0.1, 0.15) is 17.3 Å². The number of sulfonamides is 1. The summed E-state index contributed by atoms with van der Waals surface area (Å²) in [7, 11) is -3.76. The first-order valence-electron chi connectivity index (χ1n) is 11.0. The SMILES string of the molecule is CCOc1ccc(S(=O)(=O)N2CCN(c3cccc(Cl)c3)CC2)cc1NC(=O)c1ccccc1. The van der Waals surface area contributed by atoms with Crippen molar-refractivity contribution in [2.75, 3.05) is 43.0 Å². The highest BCUT2D eigenvalue weighted by molar-refractivity contribution is 7.89. The second-order valence-corrected chi connectivity index (χ2v) is 10.2. The minimum Gasteiger partial charge on any atom is -0.492 e. The lowest BCUT2D eigenvalue weighted by molar-refractivity contribution is 0.102. The molecular formula is C25H26ClN3O4S. The maximum absolute atomic E-state index is 13.4. The van der Waals surface area contributed by atoms with Crippen LogP contribution in [0.2, 0.25) is 5.02 Å². The van der Waals surface area contributed by atoms with E-state index in [-0.39, 0.29) is 10.8 Å². The van der Waals surface area contributed by atoms with Gasteiger partial charge in [-0.05, 0) is 55.5 Å². The smallest absolute Gasteiger partial charge is 0.255 e. The third-order valence-electron chi connectivity index (χ3n) is 5.58. The van der Waals surface area contributed by atoms with E-state index in [9.17, 15) is 13.2 Å². The molecular weight excluding hydrogens is 474 g/mol. The van der Waals surface area contributed by atoms with Crippen LogP contribution in [0.15, 0.2) is 77.7 Å².